The minimum atomic E-state index is -3.49. The monoisotopic (exact) mass is 286 g/mol. The van der Waals surface area contributed by atoms with Crippen molar-refractivity contribution in [1.29, 1.82) is 0 Å². The maximum absolute atomic E-state index is 12.7. The number of aromatic nitrogens is 2. The third-order valence-corrected chi connectivity index (χ3v) is 5.73. The third-order valence-electron chi connectivity index (χ3n) is 3.93. The minimum absolute atomic E-state index is 0.167. The first kappa shape index (κ1) is 14.5. The van der Waals surface area contributed by atoms with E-state index in [1.54, 1.807) is 11.4 Å². The zero-order valence-electron chi connectivity index (χ0n) is 11.9. The summed E-state index contributed by atoms with van der Waals surface area (Å²) in [5.74, 6) is 0.783. The zero-order chi connectivity index (χ0) is 14.2. The number of hydrogen-bond acceptors (Lipinski definition) is 4. The number of sulfonamides is 1. The van der Waals surface area contributed by atoms with Gasteiger partial charge in [0.05, 0.1) is 0 Å². The lowest BCUT2D eigenvalue weighted by Crippen LogP contribution is -2.30. The fourth-order valence-electron chi connectivity index (χ4n) is 2.42. The van der Waals surface area contributed by atoms with E-state index in [1.807, 2.05) is 6.92 Å². The first-order valence-corrected chi connectivity index (χ1v) is 8.00. The average Bonchev–Trinajstić information content (AvgIpc) is 2.86. The van der Waals surface area contributed by atoms with Gasteiger partial charge in [0.1, 0.15) is 0 Å². The molecule has 2 N–H and O–H groups in total. The lowest BCUT2D eigenvalue weighted by atomic mass is 10.0. The number of nitrogens with zero attached hydrogens (tertiary/aromatic N) is 2. The Bertz CT molecular complexity index is 542. The Morgan fingerprint density at radius 2 is 1.95 bits per heavy atom. The molecule has 108 valence electrons. The van der Waals surface area contributed by atoms with Crippen molar-refractivity contribution in [2.24, 2.45) is 11.8 Å². The second kappa shape index (κ2) is 5.22. The Morgan fingerprint density at radius 3 is 2.47 bits per heavy atom. The van der Waals surface area contributed by atoms with Crippen molar-refractivity contribution < 1.29 is 8.42 Å². The lowest BCUT2D eigenvalue weighted by Gasteiger charge is -2.15. The molecule has 0 amide bonds. The van der Waals surface area contributed by atoms with E-state index < -0.39 is 10.0 Å². The van der Waals surface area contributed by atoms with Crippen molar-refractivity contribution in [3.05, 3.63) is 11.3 Å². The first-order valence-electron chi connectivity index (χ1n) is 6.56. The molecular formula is C12H22N4O2S. The SMILES string of the molecule is CNCc1c(S(=O)(=O)N2CC(C)C(C)C2)n[nH]c1C. The van der Waals surface area contributed by atoms with E-state index in [2.05, 4.69) is 29.4 Å². The average molecular weight is 286 g/mol. The summed E-state index contributed by atoms with van der Waals surface area (Å²) < 4.78 is 26.9. The molecular weight excluding hydrogens is 264 g/mol. The molecule has 2 rings (SSSR count). The van der Waals surface area contributed by atoms with Crippen molar-refractivity contribution in [1.82, 2.24) is 19.8 Å². The molecule has 1 aromatic rings. The van der Waals surface area contributed by atoms with E-state index in [9.17, 15) is 8.42 Å². The number of aryl methyl sites for hydroxylation is 1. The van der Waals surface area contributed by atoms with Crippen LogP contribution >= 0.6 is 0 Å². The highest BCUT2D eigenvalue weighted by Gasteiger charge is 2.37. The quantitative estimate of drug-likeness (QED) is 0.854. The van der Waals surface area contributed by atoms with Crippen LogP contribution in [-0.2, 0) is 16.6 Å². The van der Waals surface area contributed by atoms with Crippen molar-refractivity contribution in [2.75, 3.05) is 20.1 Å². The highest BCUT2D eigenvalue weighted by atomic mass is 32.2. The number of nitrogens with one attached hydrogen (secondary N) is 2. The topological polar surface area (TPSA) is 78.1 Å². The highest BCUT2D eigenvalue weighted by Crippen LogP contribution is 2.29. The van der Waals surface area contributed by atoms with E-state index in [0.29, 0.717) is 31.5 Å². The summed E-state index contributed by atoms with van der Waals surface area (Å²) in [5.41, 5.74) is 1.53. The molecule has 0 radical (unpaired) electrons. The Morgan fingerprint density at radius 1 is 1.37 bits per heavy atom. The molecule has 19 heavy (non-hydrogen) atoms. The predicted octanol–water partition coefficient (Wildman–Crippen LogP) is 0.714. The van der Waals surface area contributed by atoms with Crippen LogP contribution in [0.2, 0.25) is 0 Å². The molecule has 0 spiro atoms. The molecule has 6 nitrogen and oxygen atoms in total. The fraction of sp³-hybridized carbons (Fsp3) is 0.750. The van der Waals surface area contributed by atoms with E-state index in [1.165, 1.54) is 0 Å². The van der Waals surface area contributed by atoms with Crippen molar-refractivity contribution in [3.63, 3.8) is 0 Å². The molecule has 1 aliphatic heterocycles. The Balaban J connectivity index is 2.35. The van der Waals surface area contributed by atoms with E-state index in [-0.39, 0.29) is 5.03 Å². The molecule has 1 saturated heterocycles. The van der Waals surface area contributed by atoms with Gasteiger partial charge in [0.25, 0.3) is 10.0 Å². The molecule has 2 atom stereocenters. The molecule has 0 bridgehead atoms. The van der Waals surface area contributed by atoms with Crippen molar-refractivity contribution in [3.8, 4) is 0 Å². The second-order valence-electron chi connectivity index (χ2n) is 5.44. The van der Waals surface area contributed by atoms with Gasteiger partial charge in [-0.2, -0.15) is 9.40 Å². The normalized spacial score (nSPS) is 25.1. The molecule has 7 heteroatoms. The molecule has 1 aromatic heterocycles. The van der Waals surface area contributed by atoms with E-state index in [0.717, 1.165) is 11.3 Å². The zero-order valence-corrected chi connectivity index (χ0v) is 12.7. The Hall–Kier alpha value is -0.920. The first-order chi connectivity index (χ1) is 8.87. The highest BCUT2D eigenvalue weighted by molar-refractivity contribution is 7.89. The second-order valence-corrected chi connectivity index (χ2v) is 7.29. The van der Waals surface area contributed by atoms with Crippen LogP contribution in [0.4, 0.5) is 0 Å². The summed E-state index contributed by atoms with van der Waals surface area (Å²) in [6, 6.07) is 0. The largest absolute Gasteiger partial charge is 0.316 e. The molecule has 1 aliphatic rings. The van der Waals surface area contributed by atoms with Crippen LogP contribution in [0.3, 0.4) is 0 Å². The van der Waals surface area contributed by atoms with Gasteiger partial charge in [-0.3, -0.25) is 5.10 Å². The Kier molecular flexibility index (Phi) is 3.98. The smallest absolute Gasteiger partial charge is 0.262 e. The fourth-order valence-corrected chi connectivity index (χ4v) is 4.23. The van der Waals surface area contributed by atoms with Crippen LogP contribution in [0, 0.1) is 18.8 Å². The molecule has 2 heterocycles. The summed E-state index contributed by atoms with van der Waals surface area (Å²) in [6.07, 6.45) is 0. The van der Waals surface area contributed by atoms with Gasteiger partial charge in [0.15, 0.2) is 5.03 Å². The van der Waals surface area contributed by atoms with Crippen LogP contribution in [-0.4, -0.2) is 43.1 Å². The summed E-state index contributed by atoms with van der Waals surface area (Å²) >= 11 is 0. The lowest BCUT2D eigenvalue weighted by molar-refractivity contribution is 0.459. The van der Waals surface area contributed by atoms with Crippen LogP contribution in [0.15, 0.2) is 5.03 Å². The van der Waals surface area contributed by atoms with Gasteiger partial charge in [-0.15, -0.1) is 0 Å². The van der Waals surface area contributed by atoms with Crippen molar-refractivity contribution in [2.45, 2.75) is 32.3 Å². The van der Waals surface area contributed by atoms with E-state index in [4.69, 9.17) is 0 Å². The van der Waals surface area contributed by atoms with Gasteiger partial charge in [-0.05, 0) is 25.8 Å². The van der Waals surface area contributed by atoms with Gasteiger partial charge in [0, 0.05) is 30.9 Å². The summed E-state index contributed by atoms with van der Waals surface area (Å²) in [6.45, 7) is 7.67. The Labute approximate surface area is 114 Å². The summed E-state index contributed by atoms with van der Waals surface area (Å²) in [7, 11) is -1.69. The third kappa shape index (κ3) is 2.54. The van der Waals surface area contributed by atoms with Crippen LogP contribution < -0.4 is 5.32 Å². The van der Waals surface area contributed by atoms with Crippen molar-refractivity contribution >= 4 is 10.0 Å². The van der Waals surface area contributed by atoms with Crippen LogP contribution in [0.1, 0.15) is 25.1 Å². The van der Waals surface area contributed by atoms with Gasteiger partial charge < -0.3 is 5.32 Å². The maximum Gasteiger partial charge on any atom is 0.262 e. The molecule has 0 aliphatic carbocycles. The number of aromatic amines is 1. The number of H-pyrrole nitrogens is 1. The van der Waals surface area contributed by atoms with Crippen LogP contribution in [0.5, 0.6) is 0 Å². The number of hydrogen-bond donors (Lipinski definition) is 2. The van der Waals surface area contributed by atoms with Gasteiger partial charge in [-0.25, -0.2) is 8.42 Å². The summed E-state index contributed by atoms with van der Waals surface area (Å²) in [5, 5.41) is 9.94. The molecule has 2 unspecified atom stereocenters. The molecule has 0 saturated carbocycles. The van der Waals surface area contributed by atoms with Gasteiger partial charge >= 0.3 is 0 Å². The molecule has 1 fully saturated rings. The molecule has 0 aromatic carbocycles. The van der Waals surface area contributed by atoms with E-state index >= 15 is 0 Å². The predicted molar refractivity (Wildman–Crippen MR) is 73.2 cm³/mol. The minimum Gasteiger partial charge on any atom is -0.316 e. The number of rotatable bonds is 4. The van der Waals surface area contributed by atoms with Gasteiger partial charge in [-0.1, -0.05) is 13.8 Å². The van der Waals surface area contributed by atoms with Gasteiger partial charge in [0.2, 0.25) is 0 Å². The van der Waals surface area contributed by atoms with Crippen LogP contribution in [0.25, 0.3) is 0 Å². The standard InChI is InChI=1S/C12H22N4O2S/c1-8-6-16(7-9(8)2)19(17,18)12-11(5-13-4)10(3)14-15-12/h8-9,13H,5-7H2,1-4H3,(H,14,15). The summed E-state index contributed by atoms with van der Waals surface area (Å²) in [4.78, 5) is 0. The maximum atomic E-state index is 12.7.